The topological polar surface area (TPSA) is 20.2 Å². The van der Waals surface area contributed by atoms with Crippen molar-refractivity contribution in [2.45, 2.75) is 20.0 Å². The minimum atomic E-state index is -0.597. The molecule has 82 valence electrons. The zero-order valence-electron chi connectivity index (χ0n) is 8.39. The highest BCUT2D eigenvalue weighted by molar-refractivity contribution is 6.35. The van der Waals surface area contributed by atoms with Crippen LogP contribution in [0.5, 0.6) is 0 Å². The SMILES string of the molecule is C/C(=C/C(C)O)c1cc(F)c(Cl)cc1Cl. The number of hydrogen-bond donors (Lipinski definition) is 1. The van der Waals surface area contributed by atoms with E-state index in [2.05, 4.69) is 0 Å². The molecule has 0 saturated heterocycles. The molecule has 0 heterocycles. The molecule has 0 saturated carbocycles. The first-order valence-electron chi connectivity index (χ1n) is 4.43. The summed E-state index contributed by atoms with van der Waals surface area (Å²) in [6.45, 7) is 3.37. The van der Waals surface area contributed by atoms with Crippen molar-refractivity contribution in [1.82, 2.24) is 0 Å². The Bertz CT molecular complexity index is 400. The van der Waals surface area contributed by atoms with Gasteiger partial charge in [0, 0.05) is 5.02 Å². The monoisotopic (exact) mass is 248 g/mol. The number of halogens is 3. The fourth-order valence-corrected chi connectivity index (χ4v) is 1.81. The number of benzene rings is 1. The maximum Gasteiger partial charge on any atom is 0.142 e. The van der Waals surface area contributed by atoms with Crippen molar-refractivity contribution in [3.05, 3.63) is 39.6 Å². The van der Waals surface area contributed by atoms with Crippen LogP contribution in [0.25, 0.3) is 5.57 Å². The Morgan fingerprint density at radius 2 is 2.00 bits per heavy atom. The van der Waals surface area contributed by atoms with Gasteiger partial charge in [-0.3, -0.25) is 0 Å². The van der Waals surface area contributed by atoms with E-state index in [1.54, 1.807) is 19.9 Å². The van der Waals surface area contributed by atoms with E-state index in [1.807, 2.05) is 0 Å². The third-order valence-electron chi connectivity index (χ3n) is 1.93. The van der Waals surface area contributed by atoms with Crippen LogP contribution < -0.4 is 0 Å². The molecule has 4 heteroatoms. The third kappa shape index (κ3) is 3.20. The Labute approximate surface area is 98.1 Å². The molecule has 0 radical (unpaired) electrons. The van der Waals surface area contributed by atoms with Crippen LogP contribution in [0.3, 0.4) is 0 Å². The van der Waals surface area contributed by atoms with Crippen LogP contribution in [-0.2, 0) is 0 Å². The lowest BCUT2D eigenvalue weighted by Crippen LogP contribution is -1.95. The molecule has 15 heavy (non-hydrogen) atoms. The number of rotatable bonds is 2. The molecule has 1 N–H and O–H groups in total. The van der Waals surface area contributed by atoms with Gasteiger partial charge in [-0.15, -0.1) is 0 Å². The summed E-state index contributed by atoms with van der Waals surface area (Å²) in [5.74, 6) is -0.519. The molecule has 1 rings (SSSR count). The molecule has 0 aliphatic carbocycles. The summed E-state index contributed by atoms with van der Waals surface area (Å²) in [7, 11) is 0. The van der Waals surface area contributed by atoms with Crippen LogP contribution in [0.2, 0.25) is 10.0 Å². The van der Waals surface area contributed by atoms with Gasteiger partial charge in [0.05, 0.1) is 11.1 Å². The van der Waals surface area contributed by atoms with E-state index in [1.165, 1.54) is 12.1 Å². The van der Waals surface area contributed by atoms with Crippen molar-refractivity contribution in [3.8, 4) is 0 Å². The minimum Gasteiger partial charge on any atom is -0.389 e. The fourth-order valence-electron chi connectivity index (χ4n) is 1.28. The van der Waals surface area contributed by atoms with Crippen LogP contribution in [0.1, 0.15) is 19.4 Å². The second-order valence-corrected chi connectivity index (χ2v) is 4.15. The predicted molar refractivity (Wildman–Crippen MR) is 61.8 cm³/mol. The van der Waals surface area contributed by atoms with E-state index < -0.39 is 11.9 Å². The summed E-state index contributed by atoms with van der Waals surface area (Å²) in [4.78, 5) is 0. The van der Waals surface area contributed by atoms with Crippen LogP contribution in [0.15, 0.2) is 18.2 Å². The highest BCUT2D eigenvalue weighted by atomic mass is 35.5. The van der Waals surface area contributed by atoms with Crippen LogP contribution in [0.4, 0.5) is 4.39 Å². The maximum absolute atomic E-state index is 13.2. The van der Waals surface area contributed by atoms with E-state index in [9.17, 15) is 4.39 Å². The van der Waals surface area contributed by atoms with Gasteiger partial charge >= 0.3 is 0 Å². The molecular formula is C11H11Cl2FO. The summed E-state index contributed by atoms with van der Waals surface area (Å²) in [6, 6.07) is 2.62. The zero-order valence-corrected chi connectivity index (χ0v) is 9.90. The zero-order chi connectivity index (χ0) is 11.6. The molecular weight excluding hydrogens is 238 g/mol. The average Bonchev–Trinajstić information content (AvgIpc) is 2.09. The maximum atomic E-state index is 13.2. The molecule has 0 spiro atoms. The minimum absolute atomic E-state index is 0.00593. The van der Waals surface area contributed by atoms with Crippen molar-refractivity contribution in [3.63, 3.8) is 0 Å². The quantitative estimate of drug-likeness (QED) is 0.787. The normalized spacial score (nSPS) is 14.1. The summed E-state index contributed by atoms with van der Waals surface area (Å²) in [5, 5.41) is 9.52. The molecule has 0 aliphatic rings. The smallest absolute Gasteiger partial charge is 0.142 e. The molecule has 0 bridgehead atoms. The molecule has 1 unspecified atom stereocenters. The largest absolute Gasteiger partial charge is 0.389 e. The van der Waals surface area contributed by atoms with E-state index in [0.29, 0.717) is 16.2 Å². The van der Waals surface area contributed by atoms with Gasteiger partial charge in [-0.25, -0.2) is 4.39 Å². The molecule has 0 fully saturated rings. The van der Waals surface area contributed by atoms with Crippen molar-refractivity contribution >= 4 is 28.8 Å². The first-order valence-corrected chi connectivity index (χ1v) is 5.19. The van der Waals surface area contributed by atoms with Crippen LogP contribution in [0, 0.1) is 5.82 Å². The molecule has 0 aromatic heterocycles. The Hall–Kier alpha value is -0.570. The molecule has 1 aromatic carbocycles. The Morgan fingerprint density at radius 1 is 1.40 bits per heavy atom. The van der Waals surface area contributed by atoms with Gasteiger partial charge in [0.15, 0.2) is 0 Å². The van der Waals surface area contributed by atoms with Gasteiger partial charge in [-0.2, -0.15) is 0 Å². The lowest BCUT2D eigenvalue weighted by atomic mass is 10.1. The predicted octanol–water partition coefficient (Wildman–Crippen LogP) is 3.92. The van der Waals surface area contributed by atoms with Crippen molar-refractivity contribution in [2.75, 3.05) is 0 Å². The van der Waals surface area contributed by atoms with Gasteiger partial charge in [0.2, 0.25) is 0 Å². The van der Waals surface area contributed by atoms with E-state index in [4.69, 9.17) is 28.3 Å². The molecule has 1 nitrogen and oxygen atoms in total. The molecule has 0 aliphatic heterocycles. The van der Waals surface area contributed by atoms with E-state index in [-0.39, 0.29) is 5.02 Å². The van der Waals surface area contributed by atoms with E-state index in [0.717, 1.165) is 0 Å². The van der Waals surface area contributed by atoms with Gasteiger partial charge in [-0.05, 0) is 37.1 Å². The van der Waals surface area contributed by atoms with Crippen molar-refractivity contribution in [2.24, 2.45) is 0 Å². The Kier molecular flexibility index (Phi) is 4.14. The van der Waals surface area contributed by atoms with Gasteiger partial charge in [0.25, 0.3) is 0 Å². The summed E-state index contributed by atoms with van der Waals surface area (Å²) < 4.78 is 13.2. The third-order valence-corrected chi connectivity index (χ3v) is 2.53. The number of aliphatic hydroxyl groups is 1. The van der Waals surface area contributed by atoms with Crippen molar-refractivity contribution < 1.29 is 9.50 Å². The number of hydrogen-bond acceptors (Lipinski definition) is 1. The highest BCUT2D eigenvalue weighted by Gasteiger charge is 2.08. The second-order valence-electron chi connectivity index (χ2n) is 3.34. The highest BCUT2D eigenvalue weighted by Crippen LogP contribution is 2.29. The van der Waals surface area contributed by atoms with Gasteiger partial charge in [-0.1, -0.05) is 29.3 Å². The number of aliphatic hydroxyl groups excluding tert-OH is 1. The molecule has 1 atom stereocenters. The van der Waals surface area contributed by atoms with E-state index >= 15 is 0 Å². The lowest BCUT2D eigenvalue weighted by Gasteiger charge is -2.07. The van der Waals surface area contributed by atoms with Crippen molar-refractivity contribution in [1.29, 1.82) is 0 Å². The first-order chi connectivity index (χ1) is 6.91. The summed E-state index contributed by atoms with van der Waals surface area (Å²) in [5.41, 5.74) is 1.25. The standard InChI is InChI=1S/C11H11Cl2FO/c1-6(3-7(2)15)8-4-11(14)10(13)5-9(8)12/h3-5,7,15H,1-2H3/b6-3-. The van der Waals surface area contributed by atoms with Crippen LogP contribution >= 0.6 is 23.2 Å². The molecule has 0 amide bonds. The Balaban J connectivity index is 3.21. The van der Waals surface area contributed by atoms with Gasteiger partial charge in [0.1, 0.15) is 5.82 Å². The van der Waals surface area contributed by atoms with Crippen LogP contribution in [-0.4, -0.2) is 11.2 Å². The first kappa shape index (κ1) is 12.5. The molecule has 1 aromatic rings. The Morgan fingerprint density at radius 3 is 2.53 bits per heavy atom. The van der Waals surface area contributed by atoms with Gasteiger partial charge < -0.3 is 5.11 Å². The summed E-state index contributed by atoms with van der Waals surface area (Å²) in [6.07, 6.45) is 0.994. The second kappa shape index (κ2) is 4.97. The fraction of sp³-hybridized carbons (Fsp3) is 0.273. The summed E-state index contributed by atoms with van der Waals surface area (Å²) >= 11 is 11.5. The lowest BCUT2D eigenvalue weighted by molar-refractivity contribution is 0.244. The number of allylic oxidation sites excluding steroid dienone is 1. The average molecular weight is 249 g/mol.